The SMILES string of the molecule is Cc1sc2nc(SCc3ccc(C(N)=O)cc3)n(C)c(=O)c2c1C. The summed E-state index contributed by atoms with van der Waals surface area (Å²) >= 11 is 3.05. The lowest BCUT2D eigenvalue weighted by Crippen LogP contribution is -2.19. The molecule has 0 bridgehead atoms. The minimum Gasteiger partial charge on any atom is -0.366 e. The third-order valence-corrected chi connectivity index (χ3v) is 6.18. The number of thioether (sulfide) groups is 1. The van der Waals surface area contributed by atoms with Crippen molar-refractivity contribution in [1.82, 2.24) is 9.55 Å². The molecule has 124 valence electrons. The summed E-state index contributed by atoms with van der Waals surface area (Å²) in [5.74, 6) is 0.223. The van der Waals surface area contributed by atoms with Gasteiger partial charge in [0.1, 0.15) is 4.83 Å². The van der Waals surface area contributed by atoms with Crippen LogP contribution in [0.3, 0.4) is 0 Å². The van der Waals surface area contributed by atoms with Gasteiger partial charge in [0.05, 0.1) is 5.39 Å². The maximum atomic E-state index is 12.6. The van der Waals surface area contributed by atoms with Crippen LogP contribution in [-0.4, -0.2) is 15.5 Å². The van der Waals surface area contributed by atoms with Crippen LogP contribution in [0.15, 0.2) is 34.2 Å². The number of carbonyl (C=O) groups is 1. The van der Waals surface area contributed by atoms with E-state index in [0.717, 1.165) is 26.2 Å². The van der Waals surface area contributed by atoms with Gasteiger partial charge in [-0.2, -0.15) is 0 Å². The van der Waals surface area contributed by atoms with Gasteiger partial charge < -0.3 is 5.73 Å². The van der Waals surface area contributed by atoms with Crippen molar-refractivity contribution in [2.75, 3.05) is 0 Å². The van der Waals surface area contributed by atoms with Gasteiger partial charge in [0.2, 0.25) is 5.91 Å². The molecule has 0 spiro atoms. The van der Waals surface area contributed by atoms with Crippen molar-refractivity contribution >= 4 is 39.2 Å². The van der Waals surface area contributed by atoms with E-state index in [1.165, 1.54) is 11.8 Å². The number of aryl methyl sites for hydroxylation is 2. The van der Waals surface area contributed by atoms with Gasteiger partial charge in [-0.05, 0) is 37.1 Å². The number of benzene rings is 1. The molecule has 0 saturated carbocycles. The van der Waals surface area contributed by atoms with Crippen molar-refractivity contribution in [2.45, 2.75) is 24.8 Å². The zero-order valence-corrected chi connectivity index (χ0v) is 15.3. The fourth-order valence-electron chi connectivity index (χ4n) is 2.40. The Kier molecular flexibility index (Phi) is 4.47. The quantitative estimate of drug-likeness (QED) is 0.574. The highest BCUT2D eigenvalue weighted by atomic mass is 32.2. The number of aromatic nitrogens is 2. The second-order valence-corrected chi connectivity index (χ2v) is 7.72. The van der Waals surface area contributed by atoms with Crippen LogP contribution in [0.4, 0.5) is 0 Å². The van der Waals surface area contributed by atoms with Gasteiger partial charge in [-0.3, -0.25) is 14.2 Å². The normalized spacial score (nSPS) is 11.1. The minimum absolute atomic E-state index is 0.00609. The van der Waals surface area contributed by atoms with Gasteiger partial charge in [0.25, 0.3) is 5.56 Å². The molecule has 0 aliphatic carbocycles. The topological polar surface area (TPSA) is 78.0 Å². The zero-order valence-electron chi connectivity index (χ0n) is 13.6. The van der Waals surface area contributed by atoms with Crippen LogP contribution in [0.1, 0.15) is 26.4 Å². The Hall–Kier alpha value is -2.12. The number of amides is 1. The lowest BCUT2D eigenvalue weighted by molar-refractivity contribution is 0.100. The Morgan fingerprint density at radius 2 is 1.96 bits per heavy atom. The summed E-state index contributed by atoms with van der Waals surface area (Å²) in [4.78, 5) is 30.2. The Morgan fingerprint density at radius 1 is 1.29 bits per heavy atom. The molecule has 0 fully saturated rings. The van der Waals surface area contributed by atoms with Crippen molar-refractivity contribution in [3.05, 3.63) is 56.2 Å². The lowest BCUT2D eigenvalue weighted by atomic mass is 10.1. The Morgan fingerprint density at radius 3 is 2.58 bits per heavy atom. The molecule has 3 rings (SSSR count). The van der Waals surface area contributed by atoms with Crippen LogP contribution in [0.25, 0.3) is 10.2 Å². The molecule has 1 amide bonds. The largest absolute Gasteiger partial charge is 0.366 e. The number of fused-ring (bicyclic) bond motifs is 1. The first-order valence-corrected chi connectivity index (χ1v) is 9.17. The van der Waals surface area contributed by atoms with Gasteiger partial charge in [0.15, 0.2) is 5.16 Å². The van der Waals surface area contributed by atoms with E-state index in [0.29, 0.717) is 16.5 Å². The van der Waals surface area contributed by atoms with Crippen LogP contribution in [0.5, 0.6) is 0 Å². The van der Waals surface area contributed by atoms with Crippen molar-refractivity contribution in [2.24, 2.45) is 12.8 Å². The Bertz CT molecular complexity index is 988. The molecule has 0 radical (unpaired) electrons. The first-order valence-electron chi connectivity index (χ1n) is 7.36. The highest BCUT2D eigenvalue weighted by molar-refractivity contribution is 7.98. The molecular formula is C17H17N3O2S2. The first-order chi connectivity index (χ1) is 11.4. The van der Waals surface area contributed by atoms with Gasteiger partial charge >= 0.3 is 0 Å². The second-order valence-electron chi connectivity index (χ2n) is 5.57. The summed E-state index contributed by atoms with van der Waals surface area (Å²) in [5, 5.41) is 1.41. The summed E-state index contributed by atoms with van der Waals surface area (Å²) in [5.41, 5.74) is 7.78. The van der Waals surface area contributed by atoms with Crippen molar-refractivity contribution in [3.63, 3.8) is 0 Å². The van der Waals surface area contributed by atoms with Crippen LogP contribution >= 0.6 is 23.1 Å². The van der Waals surface area contributed by atoms with Crippen molar-refractivity contribution in [1.29, 1.82) is 0 Å². The zero-order chi connectivity index (χ0) is 17.4. The van der Waals surface area contributed by atoms with Crippen LogP contribution < -0.4 is 11.3 Å². The van der Waals surface area contributed by atoms with Gasteiger partial charge in [-0.25, -0.2) is 4.98 Å². The molecule has 5 nitrogen and oxygen atoms in total. The van der Waals surface area contributed by atoms with E-state index >= 15 is 0 Å². The average Bonchev–Trinajstić information content (AvgIpc) is 2.84. The number of primary amides is 1. The van der Waals surface area contributed by atoms with E-state index in [1.54, 1.807) is 35.1 Å². The highest BCUT2D eigenvalue weighted by Gasteiger charge is 2.14. The summed E-state index contributed by atoms with van der Waals surface area (Å²) in [7, 11) is 1.75. The van der Waals surface area contributed by atoms with Gasteiger partial charge in [-0.1, -0.05) is 23.9 Å². The number of carbonyl (C=O) groups excluding carboxylic acids is 1. The lowest BCUT2D eigenvalue weighted by Gasteiger charge is -2.07. The molecule has 0 saturated heterocycles. The smallest absolute Gasteiger partial charge is 0.262 e. The Labute approximate surface area is 147 Å². The maximum Gasteiger partial charge on any atom is 0.262 e. The number of nitrogens with two attached hydrogens (primary N) is 1. The standard InChI is InChI=1S/C17H17N3O2S2/c1-9-10(2)24-15-13(9)16(22)20(3)17(19-15)23-8-11-4-6-12(7-5-11)14(18)21/h4-7H,8H2,1-3H3,(H2,18,21). The van der Waals surface area contributed by atoms with E-state index in [2.05, 4.69) is 4.98 Å². The number of thiophene rings is 1. The molecule has 0 unspecified atom stereocenters. The number of rotatable bonds is 4. The van der Waals surface area contributed by atoms with Crippen LogP contribution in [0, 0.1) is 13.8 Å². The molecule has 2 heterocycles. The number of hydrogen-bond donors (Lipinski definition) is 1. The second kappa shape index (κ2) is 6.41. The van der Waals surface area contributed by atoms with Crippen LogP contribution in [0.2, 0.25) is 0 Å². The van der Waals surface area contributed by atoms with E-state index in [1.807, 2.05) is 26.0 Å². The molecular weight excluding hydrogens is 342 g/mol. The fraction of sp³-hybridized carbons (Fsp3) is 0.235. The third-order valence-electron chi connectivity index (χ3n) is 3.98. The molecule has 2 N–H and O–H groups in total. The summed E-state index contributed by atoms with van der Waals surface area (Å²) < 4.78 is 1.60. The molecule has 2 aromatic heterocycles. The summed E-state index contributed by atoms with van der Waals surface area (Å²) in [6.07, 6.45) is 0. The van der Waals surface area contributed by atoms with E-state index in [-0.39, 0.29) is 5.56 Å². The fourth-order valence-corrected chi connectivity index (χ4v) is 4.40. The van der Waals surface area contributed by atoms with Crippen LogP contribution in [-0.2, 0) is 12.8 Å². The molecule has 24 heavy (non-hydrogen) atoms. The predicted molar refractivity (Wildman–Crippen MR) is 98.9 cm³/mol. The first kappa shape index (κ1) is 16.7. The molecule has 7 heteroatoms. The average molecular weight is 359 g/mol. The Balaban J connectivity index is 1.89. The summed E-state index contributed by atoms with van der Waals surface area (Å²) in [6.45, 7) is 3.97. The molecule has 0 atom stereocenters. The van der Waals surface area contributed by atoms with Crippen molar-refractivity contribution < 1.29 is 4.79 Å². The van der Waals surface area contributed by atoms with E-state index in [9.17, 15) is 9.59 Å². The predicted octanol–water partition coefficient (Wildman–Crippen LogP) is 3.00. The van der Waals surface area contributed by atoms with Gasteiger partial charge in [0, 0.05) is 23.2 Å². The highest BCUT2D eigenvalue weighted by Crippen LogP contribution is 2.29. The van der Waals surface area contributed by atoms with Gasteiger partial charge in [-0.15, -0.1) is 11.3 Å². The number of hydrogen-bond acceptors (Lipinski definition) is 5. The maximum absolute atomic E-state index is 12.6. The molecule has 3 aromatic rings. The molecule has 0 aliphatic rings. The minimum atomic E-state index is -0.438. The summed E-state index contributed by atoms with van der Waals surface area (Å²) in [6, 6.07) is 7.14. The monoisotopic (exact) mass is 359 g/mol. The van der Waals surface area contributed by atoms with Crippen molar-refractivity contribution in [3.8, 4) is 0 Å². The number of nitrogens with zero attached hydrogens (tertiary/aromatic N) is 2. The molecule has 1 aromatic carbocycles. The third kappa shape index (κ3) is 2.97. The molecule has 0 aliphatic heterocycles. The van der Waals surface area contributed by atoms with E-state index in [4.69, 9.17) is 5.73 Å². The van der Waals surface area contributed by atoms with E-state index < -0.39 is 5.91 Å².